The third kappa shape index (κ3) is 3.40. The molecule has 106 valence electrons. The third-order valence-corrected chi connectivity index (χ3v) is 3.91. The van der Waals surface area contributed by atoms with E-state index >= 15 is 0 Å². The van der Waals surface area contributed by atoms with Crippen LogP contribution < -0.4 is 5.46 Å². The van der Waals surface area contributed by atoms with Crippen LogP contribution in [0.5, 0.6) is 0 Å². The van der Waals surface area contributed by atoms with E-state index < -0.39 is 0 Å². The molecule has 0 bridgehead atoms. The second kappa shape index (κ2) is 6.10. The zero-order chi connectivity index (χ0) is 14.7. The summed E-state index contributed by atoms with van der Waals surface area (Å²) < 4.78 is 12.0. The van der Waals surface area contributed by atoms with Crippen molar-refractivity contribution >= 4 is 12.6 Å². The molecule has 1 aliphatic heterocycles. The van der Waals surface area contributed by atoms with E-state index in [0.717, 1.165) is 11.9 Å². The quantitative estimate of drug-likeness (QED) is 0.758. The smallest absolute Gasteiger partial charge is 0.399 e. The van der Waals surface area contributed by atoms with Crippen molar-refractivity contribution in [3.63, 3.8) is 0 Å². The largest absolute Gasteiger partial charge is 0.494 e. The Kier molecular flexibility index (Phi) is 5.22. The molecule has 2 nitrogen and oxygen atoms in total. The van der Waals surface area contributed by atoms with Gasteiger partial charge in [0.05, 0.1) is 11.2 Å². The van der Waals surface area contributed by atoms with Crippen LogP contribution in [0, 0.1) is 0 Å². The predicted molar refractivity (Wildman–Crippen MR) is 82.9 cm³/mol. The van der Waals surface area contributed by atoms with Crippen LogP contribution in [0.4, 0.5) is 0 Å². The van der Waals surface area contributed by atoms with Gasteiger partial charge in [-0.2, -0.15) is 0 Å². The molecule has 1 saturated heterocycles. The van der Waals surface area contributed by atoms with Gasteiger partial charge in [0.15, 0.2) is 0 Å². The molecule has 0 aromatic heterocycles. The summed E-state index contributed by atoms with van der Waals surface area (Å²) in [4.78, 5) is 0. The Morgan fingerprint density at radius 2 is 1.32 bits per heavy atom. The van der Waals surface area contributed by atoms with E-state index in [0.29, 0.717) is 0 Å². The molecular weight excluding hydrogens is 235 g/mol. The molecule has 1 aromatic rings. The number of aryl methyl sites for hydroxylation is 1. The Hall–Kier alpha value is -0.795. The van der Waals surface area contributed by atoms with Crippen LogP contribution in [0.25, 0.3) is 0 Å². The molecule has 1 heterocycles. The van der Waals surface area contributed by atoms with Crippen molar-refractivity contribution < 1.29 is 9.31 Å². The van der Waals surface area contributed by atoms with Gasteiger partial charge in [-0.25, -0.2) is 0 Å². The highest BCUT2D eigenvalue weighted by Gasteiger charge is 2.51. The maximum absolute atomic E-state index is 6.00. The fourth-order valence-electron chi connectivity index (χ4n) is 1.89. The van der Waals surface area contributed by atoms with Crippen LogP contribution in [0.3, 0.4) is 0 Å². The number of hydrogen-bond acceptors (Lipinski definition) is 2. The lowest BCUT2D eigenvalue weighted by atomic mass is 9.79. The summed E-state index contributed by atoms with van der Waals surface area (Å²) in [6.45, 7) is 14.5. The molecule has 0 amide bonds. The summed E-state index contributed by atoms with van der Waals surface area (Å²) >= 11 is 0. The number of rotatable bonds is 2. The fourth-order valence-corrected chi connectivity index (χ4v) is 1.89. The van der Waals surface area contributed by atoms with Crippen LogP contribution in [0.1, 0.15) is 54.0 Å². The van der Waals surface area contributed by atoms with Gasteiger partial charge < -0.3 is 9.31 Å². The van der Waals surface area contributed by atoms with Crippen LogP contribution in [0.15, 0.2) is 24.3 Å². The van der Waals surface area contributed by atoms with Gasteiger partial charge in [0.1, 0.15) is 0 Å². The minimum Gasteiger partial charge on any atom is -0.399 e. The molecule has 0 aliphatic carbocycles. The van der Waals surface area contributed by atoms with E-state index in [4.69, 9.17) is 9.31 Å². The number of hydrogen-bond donors (Lipinski definition) is 0. The maximum Gasteiger partial charge on any atom is 0.494 e. The first-order chi connectivity index (χ1) is 8.86. The van der Waals surface area contributed by atoms with E-state index in [-0.39, 0.29) is 18.3 Å². The van der Waals surface area contributed by atoms with Gasteiger partial charge in [-0.05, 0) is 45.1 Å². The second-order valence-corrected chi connectivity index (χ2v) is 5.68. The zero-order valence-electron chi connectivity index (χ0n) is 13.4. The minimum atomic E-state index is -0.263. The standard InChI is InChI=1S/C14H21BO2.C2H6/c1-6-11-7-9-12(10-8-11)15-16-13(2,3)14(4,5)17-15;1-2/h7-10H,6H2,1-5H3;1-2H3. The Morgan fingerprint density at radius 3 is 1.68 bits per heavy atom. The van der Waals surface area contributed by atoms with Crippen molar-refractivity contribution in [3.05, 3.63) is 29.8 Å². The maximum atomic E-state index is 6.00. The Bertz CT molecular complexity index is 380. The molecular formula is C16H27BO2. The van der Waals surface area contributed by atoms with Crippen molar-refractivity contribution in [1.29, 1.82) is 0 Å². The SMILES string of the molecule is CC.CCc1ccc(B2OC(C)(C)C(C)(C)O2)cc1. The molecule has 0 spiro atoms. The normalized spacial score (nSPS) is 19.8. The summed E-state index contributed by atoms with van der Waals surface area (Å²) in [6, 6.07) is 8.47. The van der Waals surface area contributed by atoms with Gasteiger partial charge in [-0.3, -0.25) is 0 Å². The number of benzene rings is 1. The van der Waals surface area contributed by atoms with Gasteiger partial charge >= 0.3 is 7.12 Å². The molecule has 1 fully saturated rings. The van der Waals surface area contributed by atoms with Crippen molar-refractivity contribution in [1.82, 2.24) is 0 Å². The van der Waals surface area contributed by atoms with Crippen molar-refractivity contribution in [2.45, 2.75) is 66.1 Å². The summed E-state index contributed by atoms with van der Waals surface area (Å²) in [5.41, 5.74) is 1.91. The topological polar surface area (TPSA) is 18.5 Å². The van der Waals surface area contributed by atoms with E-state index in [1.54, 1.807) is 0 Å². The molecule has 19 heavy (non-hydrogen) atoms. The molecule has 1 aliphatic rings. The summed E-state index contributed by atoms with van der Waals surface area (Å²) in [6.07, 6.45) is 1.06. The summed E-state index contributed by atoms with van der Waals surface area (Å²) in [5.74, 6) is 0. The van der Waals surface area contributed by atoms with Gasteiger partial charge in [0.2, 0.25) is 0 Å². The van der Waals surface area contributed by atoms with E-state index in [9.17, 15) is 0 Å². The van der Waals surface area contributed by atoms with Crippen molar-refractivity contribution in [3.8, 4) is 0 Å². The lowest BCUT2D eigenvalue weighted by Crippen LogP contribution is -2.41. The third-order valence-electron chi connectivity index (χ3n) is 3.91. The van der Waals surface area contributed by atoms with Crippen LogP contribution >= 0.6 is 0 Å². The van der Waals surface area contributed by atoms with Crippen molar-refractivity contribution in [2.24, 2.45) is 0 Å². The lowest BCUT2D eigenvalue weighted by Gasteiger charge is -2.32. The molecule has 0 N–H and O–H groups in total. The predicted octanol–water partition coefficient (Wildman–Crippen LogP) is 3.57. The lowest BCUT2D eigenvalue weighted by molar-refractivity contribution is 0.00578. The zero-order valence-corrected chi connectivity index (χ0v) is 13.4. The van der Waals surface area contributed by atoms with E-state index in [1.807, 2.05) is 13.8 Å². The summed E-state index contributed by atoms with van der Waals surface area (Å²) in [7, 11) is -0.245. The highest BCUT2D eigenvalue weighted by Crippen LogP contribution is 2.36. The van der Waals surface area contributed by atoms with Gasteiger partial charge in [-0.1, -0.05) is 45.0 Å². The van der Waals surface area contributed by atoms with E-state index in [1.165, 1.54) is 5.56 Å². The first-order valence-electron chi connectivity index (χ1n) is 7.30. The van der Waals surface area contributed by atoms with Gasteiger partial charge in [0, 0.05) is 0 Å². The first kappa shape index (κ1) is 16.3. The molecule has 1 aromatic carbocycles. The molecule has 2 rings (SSSR count). The second-order valence-electron chi connectivity index (χ2n) is 5.68. The molecule has 0 radical (unpaired) electrons. The minimum absolute atomic E-state index is 0.245. The van der Waals surface area contributed by atoms with Crippen LogP contribution in [-0.2, 0) is 15.7 Å². The molecule has 0 saturated carbocycles. The highest BCUT2D eigenvalue weighted by molar-refractivity contribution is 6.62. The first-order valence-corrected chi connectivity index (χ1v) is 7.30. The Morgan fingerprint density at radius 1 is 0.895 bits per heavy atom. The molecule has 0 unspecified atom stereocenters. The Balaban J connectivity index is 0.000000861. The summed E-state index contributed by atoms with van der Waals surface area (Å²) in [5, 5.41) is 0. The van der Waals surface area contributed by atoms with Gasteiger partial charge in [0.25, 0.3) is 0 Å². The van der Waals surface area contributed by atoms with Crippen molar-refractivity contribution in [2.75, 3.05) is 0 Å². The molecule has 3 heteroatoms. The Labute approximate surface area is 118 Å². The van der Waals surface area contributed by atoms with Crippen LogP contribution in [-0.4, -0.2) is 18.3 Å². The van der Waals surface area contributed by atoms with Crippen LogP contribution in [0.2, 0.25) is 0 Å². The average Bonchev–Trinajstić information content (AvgIpc) is 2.61. The highest BCUT2D eigenvalue weighted by atomic mass is 16.7. The monoisotopic (exact) mass is 262 g/mol. The van der Waals surface area contributed by atoms with E-state index in [2.05, 4.69) is 58.9 Å². The van der Waals surface area contributed by atoms with Gasteiger partial charge in [-0.15, -0.1) is 0 Å². The fraction of sp³-hybridized carbons (Fsp3) is 0.625. The molecule has 0 atom stereocenters. The average molecular weight is 262 g/mol.